The van der Waals surface area contributed by atoms with Crippen molar-refractivity contribution in [2.75, 3.05) is 13.2 Å². The van der Waals surface area contributed by atoms with Crippen LogP contribution in [0.4, 0.5) is 0 Å². The number of carboxylic acids is 1. The average molecular weight is 299 g/mol. The fourth-order valence-electron chi connectivity index (χ4n) is 2.88. The minimum atomic E-state index is -0.804. The molecule has 1 rings (SSSR count). The third-order valence-electron chi connectivity index (χ3n) is 4.07. The van der Waals surface area contributed by atoms with Crippen LogP contribution in [0.25, 0.3) is 0 Å². The van der Waals surface area contributed by atoms with Gasteiger partial charge in [0.1, 0.15) is 0 Å². The molecule has 0 radical (unpaired) electrons. The minimum absolute atomic E-state index is 0.00481. The average Bonchev–Trinajstić information content (AvgIpc) is 2.37. The van der Waals surface area contributed by atoms with E-state index < -0.39 is 11.9 Å². The van der Waals surface area contributed by atoms with Gasteiger partial charge in [0.15, 0.2) is 0 Å². The maximum atomic E-state index is 12.2. The molecule has 0 aromatic carbocycles. The zero-order valence-electron chi connectivity index (χ0n) is 13.7. The van der Waals surface area contributed by atoms with Crippen LogP contribution < -0.4 is 0 Å². The predicted octanol–water partition coefficient (Wildman–Crippen LogP) is 2.54. The molecule has 0 bridgehead atoms. The Balaban J connectivity index is 2.37. The monoisotopic (exact) mass is 299 g/mol. The van der Waals surface area contributed by atoms with Crippen molar-refractivity contribution in [3.05, 3.63) is 0 Å². The first-order valence-electron chi connectivity index (χ1n) is 7.95. The molecular weight excluding hydrogens is 270 g/mol. The molecule has 0 saturated carbocycles. The van der Waals surface area contributed by atoms with Crippen molar-refractivity contribution in [1.29, 1.82) is 0 Å². The largest absolute Gasteiger partial charge is 0.481 e. The molecule has 122 valence electrons. The van der Waals surface area contributed by atoms with Crippen molar-refractivity contribution in [3.63, 3.8) is 0 Å². The van der Waals surface area contributed by atoms with Crippen molar-refractivity contribution in [3.8, 4) is 0 Å². The first-order valence-corrected chi connectivity index (χ1v) is 7.95. The standard InChI is InChI=1S/C16H29NO4/c1-11(2)9-13(4)21-8-7-15(18)17-10-14(16(19)20)6-5-12(17)3/h11-14H,5-10H2,1-4H3,(H,19,20). The highest BCUT2D eigenvalue weighted by Crippen LogP contribution is 2.22. The van der Waals surface area contributed by atoms with Gasteiger partial charge in [0.2, 0.25) is 5.91 Å². The molecular formula is C16H29NO4. The highest BCUT2D eigenvalue weighted by atomic mass is 16.5. The van der Waals surface area contributed by atoms with Gasteiger partial charge < -0.3 is 14.7 Å². The van der Waals surface area contributed by atoms with Crippen molar-refractivity contribution in [2.45, 2.75) is 65.5 Å². The topological polar surface area (TPSA) is 66.8 Å². The molecule has 1 aliphatic rings. The second-order valence-electron chi connectivity index (χ2n) is 6.57. The fourth-order valence-corrected chi connectivity index (χ4v) is 2.88. The van der Waals surface area contributed by atoms with E-state index in [4.69, 9.17) is 9.84 Å². The highest BCUT2D eigenvalue weighted by Gasteiger charge is 2.32. The number of carbonyl (C=O) groups excluding carboxylic acids is 1. The third-order valence-corrected chi connectivity index (χ3v) is 4.07. The lowest BCUT2D eigenvalue weighted by atomic mass is 9.93. The summed E-state index contributed by atoms with van der Waals surface area (Å²) in [6, 6.07) is 0.126. The van der Waals surface area contributed by atoms with Gasteiger partial charge in [0.05, 0.1) is 25.0 Å². The molecule has 21 heavy (non-hydrogen) atoms. The van der Waals surface area contributed by atoms with Crippen molar-refractivity contribution in [2.24, 2.45) is 11.8 Å². The summed E-state index contributed by atoms with van der Waals surface area (Å²) in [6.45, 7) is 9.04. The molecule has 1 N–H and O–H groups in total. The highest BCUT2D eigenvalue weighted by molar-refractivity contribution is 5.78. The second kappa shape index (κ2) is 8.37. The van der Waals surface area contributed by atoms with Crippen molar-refractivity contribution >= 4 is 11.9 Å². The zero-order valence-corrected chi connectivity index (χ0v) is 13.7. The number of rotatable bonds is 7. The van der Waals surface area contributed by atoms with Crippen LogP contribution in [0.1, 0.15) is 53.4 Å². The molecule has 1 fully saturated rings. The van der Waals surface area contributed by atoms with Crippen LogP contribution >= 0.6 is 0 Å². The molecule has 5 nitrogen and oxygen atoms in total. The number of nitrogens with zero attached hydrogens (tertiary/aromatic N) is 1. The first kappa shape index (κ1) is 18.0. The Morgan fingerprint density at radius 1 is 1.29 bits per heavy atom. The van der Waals surface area contributed by atoms with E-state index in [0.717, 1.165) is 12.8 Å². The Hall–Kier alpha value is -1.10. The molecule has 1 aliphatic heterocycles. The first-order chi connectivity index (χ1) is 9.81. The van der Waals surface area contributed by atoms with E-state index in [0.29, 0.717) is 31.9 Å². The quantitative estimate of drug-likeness (QED) is 0.784. The SMILES string of the molecule is CC(C)CC(C)OCCC(=O)N1CC(C(=O)O)CCC1C. The molecule has 0 aromatic rings. The molecule has 5 heteroatoms. The molecule has 3 unspecified atom stereocenters. The normalized spacial score (nSPS) is 24.1. The summed E-state index contributed by atoms with van der Waals surface area (Å²) in [4.78, 5) is 25.0. The Bertz CT molecular complexity index is 356. The number of hydrogen-bond acceptors (Lipinski definition) is 3. The van der Waals surface area contributed by atoms with Gasteiger partial charge in [0.25, 0.3) is 0 Å². The lowest BCUT2D eigenvalue weighted by Crippen LogP contribution is -2.47. The Morgan fingerprint density at radius 3 is 2.52 bits per heavy atom. The van der Waals surface area contributed by atoms with Gasteiger partial charge in [-0.3, -0.25) is 9.59 Å². The summed E-state index contributed by atoms with van der Waals surface area (Å²) >= 11 is 0. The smallest absolute Gasteiger partial charge is 0.308 e. The van der Waals surface area contributed by atoms with Gasteiger partial charge in [-0.05, 0) is 39.0 Å². The molecule has 0 spiro atoms. The van der Waals surface area contributed by atoms with Crippen LogP contribution in [0.15, 0.2) is 0 Å². The summed E-state index contributed by atoms with van der Waals surface area (Å²) in [5.74, 6) is -0.647. The maximum Gasteiger partial charge on any atom is 0.308 e. The summed E-state index contributed by atoms with van der Waals surface area (Å²) < 4.78 is 5.66. The van der Waals surface area contributed by atoms with Crippen LogP contribution in [0.3, 0.4) is 0 Å². The van der Waals surface area contributed by atoms with E-state index in [9.17, 15) is 9.59 Å². The number of likely N-dealkylation sites (tertiary alicyclic amines) is 1. The van der Waals surface area contributed by atoms with Crippen LogP contribution in [0.2, 0.25) is 0 Å². The summed E-state index contributed by atoms with van der Waals surface area (Å²) in [5.41, 5.74) is 0. The fraction of sp³-hybridized carbons (Fsp3) is 0.875. The van der Waals surface area contributed by atoms with Gasteiger partial charge in [-0.15, -0.1) is 0 Å². The minimum Gasteiger partial charge on any atom is -0.481 e. The second-order valence-corrected chi connectivity index (χ2v) is 6.57. The Kier molecular flexibility index (Phi) is 7.15. The number of piperidine rings is 1. The van der Waals surface area contributed by atoms with E-state index in [-0.39, 0.29) is 18.1 Å². The van der Waals surface area contributed by atoms with Gasteiger partial charge in [-0.25, -0.2) is 0 Å². The lowest BCUT2D eigenvalue weighted by molar-refractivity contribution is -0.147. The van der Waals surface area contributed by atoms with Gasteiger partial charge >= 0.3 is 5.97 Å². The number of hydrogen-bond donors (Lipinski definition) is 1. The molecule has 3 atom stereocenters. The van der Waals surface area contributed by atoms with E-state index in [1.54, 1.807) is 4.90 Å². The number of carbonyl (C=O) groups is 2. The molecule has 1 amide bonds. The van der Waals surface area contributed by atoms with E-state index >= 15 is 0 Å². The van der Waals surface area contributed by atoms with Crippen LogP contribution in [0, 0.1) is 11.8 Å². The van der Waals surface area contributed by atoms with E-state index in [2.05, 4.69) is 13.8 Å². The number of carboxylic acid groups (broad SMARTS) is 1. The lowest BCUT2D eigenvalue weighted by Gasteiger charge is -2.36. The predicted molar refractivity (Wildman–Crippen MR) is 81.0 cm³/mol. The van der Waals surface area contributed by atoms with E-state index in [1.165, 1.54) is 0 Å². The molecule has 0 aliphatic carbocycles. The molecule has 1 saturated heterocycles. The zero-order chi connectivity index (χ0) is 16.0. The van der Waals surface area contributed by atoms with Crippen LogP contribution in [-0.4, -0.2) is 47.2 Å². The van der Waals surface area contributed by atoms with Crippen LogP contribution in [-0.2, 0) is 14.3 Å². The number of amides is 1. The van der Waals surface area contributed by atoms with Gasteiger partial charge in [-0.1, -0.05) is 13.8 Å². The summed E-state index contributed by atoms with van der Waals surface area (Å²) in [7, 11) is 0. The summed E-state index contributed by atoms with van der Waals surface area (Å²) in [5, 5.41) is 9.09. The maximum absolute atomic E-state index is 12.2. The van der Waals surface area contributed by atoms with Gasteiger partial charge in [0, 0.05) is 12.6 Å². The number of aliphatic carboxylic acids is 1. The Labute approximate surface area is 127 Å². The molecule has 0 aromatic heterocycles. The third kappa shape index (κ3) is 6.04. The summed E-state index contributed by atoms with van der Waals surface area (Å²) in [6.07, 6.45) is 2.88. The van der Waals surface area contributed by atoms with Crippen molar-refractivity contribution in [1.82, 2.24) is 4.90 Å². The van der Waals surface area contributed by atoms with E-state index in [1.807, 2.05) is 13.8 Å². The Morgan fingerprint density at radius 2 is 1.95 bits per heavy atom. The molecule has 1 heterocycles. The number of ether oxygens (including phenoxy) is 1. The van der Waals surface area contributed by atoms with Crippen LogP contribution in [0.5, 0.6) is 0 Å². The van der Waals surface area contributed by atoms with Crippen molar-refractivity contribution < 1.29 is 19.4 Å². The van der Waals surface area contributed by atoms with Gasteiger partial charge in [-0.2, -0.15) is 0 Å².